The third-order valence-electron chi connectivity index (χ3n) is 7.10. The lowest BCUT2D eigenvalue weighted by atomic mass is 10.0. The standard InChI is InChI=1S/C26H25ClF3N5O2S/c1-4-20(36)35-14(2)10-33(11-15(35)3)24-18-9-19(26(28,29)30)21(27)23-22(18)34(25(37)32-24)12-17(13-38-23)16-5-7-31-8-6-16/h4-9,14-15,17H,1,10-13H2,2-3H3/t14-,15+,17-/m0/s1. The van der Waals surface area contributed by atoms with Crippen molar-refractivity contribution in [2.24, 2.45) is 0 Å². The van der Waals surface area contributed by atoms with Crippen LogP contribution in [0.15, 0.2) is 52.9 Å². The van der Waals surface area contributed by atoms with Crippen LogP contribution >= 0.6 is 23.4 Å². The number of hydrogen-bond donors (Lipinski definition) is 0. The molecule has 2 aliphatic heterocycles. The summed E-state index contributed by atoms with van der Waals surface area (Å²) in [6, 6.07) is 4.11. The highest BCUT2D eigenvalue weighted by molar-refractivity contribution is 7.99. The van der Waals surface area contributed by atoms with Crippen molar-refractivity contribution in [1.82, 2.24) is 19.4 Å². The fourth-order valence-electron chi connectivity index (χ4n) is 5.45. The molecule has 200 valence electrons. The number of thioether (sulfide) groups is 1. The lowest BCUT2D eigenvalue weighted by molar-refractivity contribution is -0.137. The monoisotopic (exact) mass is 563 g/mol. The van der Waals surface area contributed by atoms with Crippen LogP contribution in [0.5, 0.6) is 0 Å². The van der Waals surface area contributed by atoms with E-state index in [9.17, 15) is 22.8 Å². The van der Waals surface area contributed by atoms with Crippen molar-refractivity contribution in [2.75, 3.05) is 23.7 Å². The maximum atomic E-state index is 14.2. The number of carbonyl (C=O) groups is 1. The Morgan fingerprint density at radius 1 is 1.18 bits per heavy atom. The number of aromatic nitrogens is 3. The molecule has 12 heteroatoms. The van der Waals surface area contributed by atoms with Crippen LogP contribution < -0.4 is 10.6 Å². The number of nitrogens with zero attached hydrogens (tertiary/aromatic N) is 5. The van der Waals surface area contributed by atoms with Crippen LogP contribution in [0, 0.1) is 0 Å². The normalized spacial score (nSPS) is 21.9. The van der Waals surface area contributed by atoms with Crippen LogP contribution in [0.1, 0.15) is 30.9 Å². The highest BCUT2D eigenvalue weighted by Crippen LogP contribution is 2.47. The topological polar surface area (TPSA) is 71.3 Å². The molecule has 2 aliphatic rings. The van der Waals surface area contributed by atoms with Crippen molar-refractivity contribution in [2.45, 2.75) is 49.5 Å². The summed E-state index contributed by atoms with van der Waals surface area (Å²) in [5.74, 6) is 0.197. The number of halogens is 4. The molecular weight excluding hydrogens is 539 g/mol. The Labute approximate surface area is 226 Å². The molecule has 0 bridgehead atoms. The number of benzene rings is 1. The van der Waals surface area contributed by atoms with Crippen molar-refractivity contribution in [3.05, 3.63) is 69.9 Å². The number of pyridine rings is 1. The summed E-state index contributed by atoms with van der Waals surface area (Å²) in [4.78, 5) is 37.9. The molecule has 1 amide bonds. The van der Waals surface area contributed by atoms with E-state index >= 15 is 0 Å². The molecule has 0 saturated carbocycles. The largest absolute Gasteiger partial charge is 0.417 e. The number of alkyl halides is 3. The van der Waals surface area contributed by atoms with E-state index in [1.54, 1.807) is 22.2 Å². The third-order valence-corrected chi connectivity index (χ3v) is 8.86. The summed E-state index contributed by atoms with van der Waals surface area (Å²) in [7, 11) is 0. The third kappa shape index (κ3) is 4.55. The zero-order valence-electron chi connectivity index (χ0n) is 20.7. The van der Waals surface area contributed by atoms with Gasteiger partial charge in [-0.15, -0.1) is 11.8 Å². The first kappa shape index (κ1) is 26.6. The van der Waals surface area contributed by atoms with Gasteiger partial charge >= 0.3 is 11.9 Å². The number of carbonyl (C=O) groups excluding carboxylic acids is 1. The Kier molecular flexibility index (Phi) is 6.93. The molecule has 0 radical (unpaired) electrons. The van der Waals surface area contributed by atoms with Crippen LogP contribution in [0.3, 0.4) is 0 Å². The molecule has 3 aromatic rings. The average molecular weight is 564 g/mol. The first-order valence-electron chi connectivity index (χ1n) is 12.1. The van der Waals surface area contributed by atoms with Crippen LogP contribution in [0.2, 0.25) is 5.02 Å². The molecule has 3 atom stereocenters. The summed E-state index contributed by atoms with van der Waals surface area (Å²) in [5, 5.41) is -0.207. The van der Waals surface area contributed by atoms with Crippen molar-refractivity contribution >= 4 is 46.0 Å². The molecule has 0 spiro atoms. The van der Waals surface area contributed by atoms with Gasteiger partial charge in [-0.3, -0.25) is 14.3 Å². The van der Waals surface area contributed by atoms with E-state index in [1.807, 2.05) is 26.0 Å². The van der Waals surface area contributed by atoms with Gasteiger partial charge in [-0.2, -0.15) is 18.2 Å². The predicted molar refractivity (Wildman–Crippen MR) is 142 cm³/mol. The average Bonchev–Trinajstić information content (AvgIpc) is 3.08. The van der Waals surface area contributed by atoms with Crippen LogP contribution in [0.4, 0.5) is 19.0 Å². The minimum Gasteiger partial charge on any atom is -0.352 e. The number of piperazine rings is 1. The van der Waals surface area contributed by atoms with Gasteiger partial charge in [-0.05, 0) is 43.7 Å². The summed E-state index contributed by atoms with van der Waals surface area (Å²) < 4.78 is 43.9. The second kappa shape index (κ2) is 9.92. The molecule has 1 fully saturated rings. The first-order chi connectivity index (χ1) is 18.0. The summed E-state index contributed by atoms with van der Waals surface area (Å²) >= 11 is 7.61. The fourth-order valence-corrected chi connectivity index (χ4v) is 7.12. The fraction of sp³-hybridized carbons (Fsp3) is 0.385. The number of rotatable bonds is 3. The lowest BCUT2D eigenvalue weighted by Crippen LogP contribution is -2.58. The highest BCUT2D eigenvalue weighted by atomic mass is 35.5. The van der Waals surface area contributed by atoms with Gasteiger partial charge in [0.1, 0.15) is 5.82 Å². The van der Waals surface area contributed by atoms with E-state index in [0.717, 1.165) is 11.6 Å². The molecule has 1 saturated heterocycles. The van der Waals surface area contributed by atoms with E-state index < -0.39 is 22.5 Å². The first-order valence-corrected chi connectivity index (χ1v) is 13.4. The van der Waals surface area contributed by atoms with E-state index in [4.69, 9.17) is 11.6 Å². The zero-order chi connectivity index (χ0) is 27.4. The second-order valence-electron chi connectivity index (χ2n) is 9.63. The van der Waals surface area contributed by atoms with E-state index in [0.29, 0.717) is 24.4 Å². The van der Waals surface area contributed by atoms with Gasteiger partial charge in [0.2, 0.25) is 5.91 Å². The van der Waals surface area contributed by atoms with Crippen molar-refractivity contribution in [3.8, 4) is 0 Å². The minimum atomic E-state index is -4.70. The summed E-state index contributed by atoms with van der Waals surface area (Å²) in [6.45, 7) is 8.08. The smallest absolute Gasteiger partial charge is 0.352 e. The second-order valence-corrected chi connectivity index (χ2v) is 11.0. The van der Waals surface area contributed by atoms with E-state index in [1.165, 1.54) is 22.4 Å². The molecule has 7 nitrogen and oxygen atoms in total. The quantitative estimate of drug-likeness (QED) is 0.419. The Morgan fingerprint density at radius 3 is 2.45 bits per heavy atom. The summed E-state index contributed by atoms with van der Waals surface area (Å²) in [5.41, 5.74) is -0.255. The van der Waals surface area contributed by atoms with Gasteiger partial charge in [0.15, 0.2) is 0 Å². The Bertz CT molecular complexity index is 1470. The van der Waals surface area contributed by atoms with Crippen LogP contribution in [-0.4, -0.2) is 56.3 Å². The van der Waals surface area contributed by atoms with Gasteiger partial charge in [0.25, 0.3) is 0 Å². The Morgan fingerprint density at radius 2 is 1.84 bits per heavy atom. The van der Waals surface area contributed by atoms with Gasteiger partial charge in [0.05, 0.1) is 21.0 Å². The van der Waals surface area contributed by atoms with E-state index in [2.05, 4.69) is 16.5 Å². The highest BCUT2D eigenvalue weighted by Gasteiger charge is 2.39. The minimum absolute atomic E-state index is 0.164. The van der Waals surface area contributed by atoms with Crippen molar-refractivity contribution in [1.29, 1.82) is 0 Å². The maximum absolute atomic E-state index is 14.2. The molecular formula is C26H25ClF3N5O2S. The molecule has 5 rings (SSSR count). The SMILES string of the molecule is C=CC(=O)N1[C@H](C)CN(c2nc(=O)n3c4c(c(Cl)c(C(F)(F)F)cc24)SC[C@@H](c2ccncc2)C3)C[C@@H]1C. The Balaban J connectivity index is 1.70. The van der Waals surface area contributed by atoms with Crippen LogP contribution in [-0.2, 0) is 17.5 Å². The number of amides is 1. The molecule has 0 N–H and O–H groups in total. The van der Waals surface area contributed by atoms with Crippen molar-refractivity contribution < 1.29 is 18.0 Å². The molecule has 38 heavy (non-hydrogen) atoms. The number of hydrogen-bond acceptors (Lipinski definition) is 6. The van der Waals surface area contributed by atoms with Gasteiger partial charge in [-0.1, -0.05) is 18.2 Å². The van der Waals surface area contributed by atoms with E-state index in [-0.39, 0.29) is 46.6 Å². The molecule has 4 heterocycles. The predicted octanol–water partition coefficient (Wildman–Crippen LogP) is 4.96. The summed E-state index contributed by atoms with van der Waals surface area (Å²) in [6.07, 6.45) is -0.169. The zero-order valence-corrected chi connectivity index (χ0v) is 22.3. The molecule has 0 aliphatic carbocycles. The molecule has 1 aromatic carbocycles. The molecule has 0 unspecified atom stereocenters. The van der Waals surface area contributed by atoms with Gasteiger partial charge in [0, 0.05) is 61.2 Å². The van der Waals surface area contributed by atoms with Crippen molar-refractivity contribution in [3.63, 3.8) is 0 Å². The van der Waals surface area contributed by atoms with Gasteiger partial charge < -0.3 is 9.80 Å². The van der Waals surface area contributed by atoms with Gasteiger partial charge in [-0.25, -0.2) is 4.79 Å². The molecule has 2 aromatic heterocycles. The maximum Gasteiger partial charge on any atom is 0.417 e. The van der Waals surface area contributed by atoms with Crippen LogP contribution in [0.25, 0.3) is 10.9 Å². The number of anilines is 1. The Hall–Kier alpha value is -3.05. The lowest BCUT2D eigenvalue weighted by Gasteiger charge is -2.44.